The average molecular weight is 536 g/mol. The number of H-pyrrole nitrogens is 1. The van der Waals surface area contributed by atoms with Gasteiger partial charge in [-0.05, 0) is 54.5 Å². The monoisotopic (exact) mass is 535 g/mol. The predicted molar refractivity (Wildman–Crippen MR) is 141 cm³/mol. The molecular formula is C27H29N5O5S. The number of likely N-dealkylation sites (tertiary alicyclic amines) is 1. The van der Waals surface area contributed by atoms with Gasteiger partial charge in [0.1, 0.15) is 11.9 Å². The van der Waals surface area contributed by atoms with Crippen molar-refractivity contribution in [3.63, 3.8) is 0 Å². The third kappa shape index (κ3) is 5.06. The highest BCUT2D eigenvalue weighted by Gasteiger charge is 2.38. The van der Waals surface area contributed by atoms with Gasteiger partial charge in [-0.25, -0.2) is 13.4 Å². The molecule has 2 aliphatic rings. The van der Waals surface area contributed by atoms with E-state index in [-0.39, 0.29) is 28.8 Å². The van der Waals surface area contributed by atoms with Gasteiger partial charge in [-0.15, -0.1) is 0 Å². The van der Waals surface area contributed by atoms with Crippen molar-refractivity contribution in [2.24, 2.45) is 5.92 Å². The minimum Gasteiger partial charge on any atom is -0.484 e. The summed E-state index contributed by atoms with van der Waals surface area (Å²) in [6.07, 6.45) is 9.53. The molecule has 0 radical (unpaired) electrons. The highest BCUT2D eigenvalue weighted by Crippen LogP contribution is 2.31. The first-order valence-electron chi connectivity index (χ1n) is 12.4. The number of ether oxygens (including phenoxy) is 1. The smallest absolute Gasteiger partial charge is 0.252 e. The van der Waals surface area contributed by atoms with Crippen LogP contribution in [0.4, 0.5) is 0 Å². The van der Waals surface area contributed by atoms with Crippen LogP contribution in [0, 0.1) is 5.92 Å². The van der Waals surface area contributed by atoms with Gasteiger partial charge in [0.25, 0.3) is 5.91 Å². The van der Waals surface area contributed by atoms with Crippen LogP contribution in [-0.4, -0.2) is 72.1 Å². The Hall–Kier alpha value is -3.99. The van der Waals surface area contributed by atoms with Gasteiger partial charge in [-0.3, -0.25) is 14.6 Å². The number of nitrogens with one attached hydrogen (secondary N) is 2. The lowest BCUT2D eigenvalue weighted by Gasteiger charge is -2.34. The van der Waals surface area contributed by atoms with Gasteiger partial charge in [0.05, 0.1) is 23.1 Å². The molecule has 1 aliphatic heterocycles. The number of hydrogen-bond acceptors (Lipinski definition) is 7. The third-order valence-corrected chi connectivity index (χ3v) is 8.00. The van der Waals surface area contributed by atoms with Gasteiger partial charge in [-0.1, -0.05) is 6.08 Å². The molecule has 5 rings (SSSR count). The molecule has 2 amide bonds. The predicted octanol–water partition coefficient (Wildman–Crippen LogP) is 0.884. The van der Waals surface area contributed by atoms with E-state index in [0.717, 1.165) is 35.4 Å². The van der Waals surface area contributed by atoms with Crippen LogP contribution in [-0.2, 0) is 14.6 Å². The van der Waals surface area contributed by atoms with Crippen LogP contribution in [0.3, 0.4) is 0 Å². The van der Waals surface area contributed by atoms with Crippen LogP contribution in [0.2, 0.25) is 0 Å². The van der Waals surface area contributed by atoms with Crippen molar-refractivity contribution in [3.05, 3.63) is 58.9 Å². The second-order valence-electron chi connectivity index (χ2n) is 9.58. The van der Waals surface area contributed by atoms with Gasteiger partial charge < -0.3 is 19.9 Å². The second kappa shape index (κ2) is 10.1. The molecule has 4 heterocycles. The summed E-state index contributed by atoms with van der Waals surface area (Å²) < 4.78 is 30.0. The molecule has 3 aromatic heterocycles. The van der Waals surface area contributed by atoms with Crippen LogP contribution in [0.25, 0.3) is 23.5 Å². The molecule has 0 bridgehead atoms. The van der Waals surface area contributed by atoms with E-state index < -0.39 is 15.9 Å². The number of aromatic nitrogens is 3. The van der Waals surface area contributed by atoms with Crippen molar-refractivity contribution in [3.8, 4) is 17.1 Å². The number of pyridine rings is 2. The van der Waals surface area contributed by atoms with Gasteiger partial charge in [0.15, 0.2) is 14.9 Å². The first-order valence-corrected chi connectivity index (χ1v) is 14.2. The summed E-state index contributed by atoms with van der Waals surface area (Å²) >= 11 is 0. The lowest BCUT2D eigenvalue weighted by atomic mass is 9.88. The zero-order valence-electron chi connectivity index (χ0n) is 21.3. The summed E-state index contributed by atoms with van der Waals surface area (Å²) in [7, 11) is -1.85. The summed E-state index contributed by atoms with van der Waals surface area (Å²) in [5, 5.41) is 4.39. The van der Waals surface area contributed by atoms with E-state index in [2.05, 4.69) is 26.3 Å². The number of carbonyl (C=O) groups is 2. The number of fused-ring (bicyclic) bond motifs is 1. The molecule has 0 aromatic carbocycles. The van der Waals surface area contributed by atoms with Crippen LogP contribution < -0.4 is 20.6 Å². The van der Waals surface area contributed by atoms with E-state index in [1.165, 1.54) is 18.5 Å². The Balaban J connectivity index is 1.51. The van der Waals surface area contributed by atoms with E-state index >= 15 is 0 Å². The Morgan fingerprint density at radius 3 is 2.58 bits per heavy atom. The zero-order valence-corrected chi connectivity index (χ0v) is 22.2. The maximum absolute atomic E-state index is 12.4. The summed E-state index contributed by atoms with van der Waals surface area (Å²) in [6.45, 7) is 2.28. The second-order valence-corrected chi connectivity index (χ2v) is 11.5. The summed E-state index contributed by atoms with van der Waals surface area (Å²) in [5.74, 6) is 0.121. The van der Waals surface area contributed by atoms with Crippen molar-refractivity contribution < 1.29 is 22.7 Å². The Morgan fingerprint density at radius 1 is 1.13 bits per heavy atom. The average Bonchev–Trinajstić information content (AvgIpc) is 3.55. The first-order chi connectivity index (χ1) is 18.1. The Kier molecular flexibility index (Phi) is 6.78. The molecule has 38 heavy (non-hydrogen) atoms. The molecule has 3 atom stereocenters. The molecule has 1 aliphatic carbocycles. The highest BCUT2D eigenvalue weighted by molar-refractivity contribution is 7.90. The Morgan fingerprint density at radius 2 is 1.95 bits per heavy atom. The molecular weight excluding hydrogens is 506 g/mol. The molecule has 10 nitrogen and oxygen atoms in total. The van der Waals surface area contributed by atoms with Gasteiger partial charge in [0, 0.05) is 50.3 Å². The molecule has 0 spiro atoms. The fraction of sp³-hybridized carbons (Fsp3) is 0.333. The number of rotatable bonds is 6. The number of nitrogens with zero attached hydrogens (tertiary/aromatic N) is 3. The fourth-order valence-electron chi connectivity index (χ4n) is 5.15. The minimum atomic E-state index is -3.42. The van der Waals surface area contributed by atoms with E-state index in [0.29, 0.717) is 23.6 Å². The lowest BCUT2D eigenvalue weighted by molar-refractivity contribution is -0.130. The van der Waals surface area contributed by atoms with Crippen LogP contribution in [0.5, 0.6) is 5.75 Å². The largest absolute Gasteiger partial charge is 0.484 e. The SMILES string of the molecule is CNC(=O)c1ccc(-c2cc3c([nH]2)=CC([C@H]2CCCN2C(C)=O)C(Oc2ccc(S(C)(=O)=O)nc2)C=3)nc1. The summed E-state index contributed by atoms with van der Waals surface area (Å²) in [5.41, 5.74) is 1.95. The number of carbonyl (C=O) groups excluding carboxylic acids is 2. The van der Waals surface area contributed by atoms with Gasteiger partial charge in [0.2, 0.25) is 5.91 Å². The van der Waals surface area contributed by atoms with E-state index in [1.54, 1.807) is 32.2 Å². The normalized spacial score (nSPS) is 20.7. The van der Waals surface area contributed by atoms with Crippen LogP contribution in [0.1, 0.15) is 30.1 Å². The number of amides is 2. The van der Waals surface area contributed by atoms with E-state index in [9.17, 15) is 18.0 Å². The molecule has 2 N–H and O–H groups in total. The summed E-state index contributed by atoms with van der Waals surface area (Å²) in [6, 6.07) is 8.47. The molecule has 198 valence electrons. The highest BCUT2D eigenvalue weighted by atomic mass is 32.2. The number of hydrogen-bond donors (Lipinski definition) is 2. The zero-order chi connectivity index (χ0) is 27.0. The molecule has 1 saturated heterocycles. The molecule has 2 unspecified atom stereocenters. The first kappa shape index (κ1) is 25.7. The number of sulfone groups is 1. The topological polar surface area (TPSA) is 134 Å². The van der Waals surface area contributed by atoms with Crippen LogP contribution >= 0.6 is 0 Å². The minimum absolute atomic E-state index is 0.0216. The molecule has 0 saturated carbocycles. The van der Waals surface area contributed by atoms with Gasteiger partial charge in [-0.2, -0.15) is 0 Å². The third-order valence-electron chi connectivity index (χ3n) is 7.00. The standard InChI is InChI=1S/C27H29N5O5S/c1-16(33)32-10-4-5-24(32)20-13-22-18(11-23(31-22)21-8-6-17(14-29-21)27(34)28-2)12-25(20)37-19-7-9-26(30-15-19)38(3,35)36/h6-9,11-15,20,24-25,31H,4-5,10H2,1-3H3,(H,28,34)/t20?,24-,25?/m1/s1. The quantitative estimate of drug-likeness (QED) is 0.479. The van der Waals surface area contributed by atoms with Crippen molar-refractivity contribution in [2.45, 2.75) is 36.9 Å². The molecule has 1 fully saturated rings. The fourth-order valence-corrected chi connectivity index (χ4v) is 5.71. The summed E-state index contributed by atoms with van der Waals surface area (Å²) in [4.78, 5) is 38.1. The number of aromatic amines is 1. The van der Waals surface area contributed by atoms with E-state index in [1.807, 2.05) is 17.0 Å². The van der Waals surface area contributed by atoms with Crippen molar-refractivity contribution in [1.29, 1.82) is 0 Å². The Bertz CT molecular complexity index is 1600. The van der Waals surface area contributed by atoms with Crippen molar-refractivity contribution in [2.75, 3.05) is 19.8 Å². The molecule has 3 aromatic rings. The van der Waals surface area contributed by atoms with Crippen molar-refractivity contribution in [1.82, 2.24) is 25.2 Å². The maximum Gasteiger partial charge on any atom is 0.252 e. The molecule has 11 heteroatoms. The van der Waals surface area contributed by atoms with Gasteiger partial charge >= 0.3 is 0 Å². The maximum atomic E-state index is 12.4. The van der Waals surface area contributed by atoms with Crippen molar-refractivity contribution >= 4 is 33.8 Å². The lowest BCUT2D eigenvalue weighted by Crippen LogP contribution is -2.47. The van der Waals surface area contributed by atoms with Crippen LogP contribution in [0.15, 0.2) is 47.8 Å². The Labute approximate surface area is 220 Å². The van der Waals surface area contributed by atoms with E-state index in [4.69, 9.17) is 4.74 Å².